The second-order valence-electron chi connectivity index (χ2n) is 22.4. The van der Waals surface area contributed by atoms with Gasteiger partial charge in [0, 0.05) is 6.42 Å². The third kappa shape index (κ3) is 57.7. The lowest BCUT2D eigenvalue weighted by Crippen LogP contribution is -2.45. The number of amides is 1. The van der Waals surface area contributed by atoms with E-state index in [4.69, 9.17) is 9.05 Å². The summed E-state index contributed by atoms with van der Waals surface area (Å²) in [5.74, 6) is -0.213. The van der Waals surface area contributed by atoms with Gasteiger partial charge in [0.1, 0.15) is 13.2 Å². The number of carbonyl (C=O) groups excluding carboxylic acids is 1. The molecule has 0 bridgehead atoms. The minimum absolute atomic E-state index is 0.00968. The van der Waals surface area contributed by atoms with E-state index in [1.54, 1.807) is 6.08 Å². The van der Waals surface area contributed by atoms with Gasteiger partial charge in [0.15, 0.2) is 0 Å². The molecule has 0 fully saturated rings. The Labute approximate surface area is 453 Å². The zero-order valence-corrected chi connectivity index (χ0v) is 49.7. The van der Waals surface area contributed by atoms with Crippen molar-refractivity contribution in [1.82, 2.24) is 5.32 Å². The molecule has 0 saturated carbocycles. The predicted octanol–water partition coefficient (Wildman–Crippen LogP) is 18.6. The lowest BCUT2D eigenvalue weighted by molar-refractivity contribution is -0.870. The highest BCUT2D eigenvalue weighted by Crippen LogP contribution is 2.38. The van der Waals surface area contributed by atoms with Gasteiger partial charge in [-0.05, 0) is 70.6 Å². The largest absolute Gasteiger partial charge is 0.756 e. The summed E-state index contributed by atoms with van der Waals surface area (Å²) in [4.78, 5) is 25.5. The molecule has 2 N–H and O–H groups in total. The summed E-state index contributed by atoms with van der Waals surface area (Å²) in [6.07, 6.45) is 74.6. The Kier molecular flexibility index (Phi) is 53.6. The topological polar surface area (TPSA) is 108 Å². The van der Waals surface area contributed by atoms with E-state index >= 15 is 0 Å². The van der Waals surface area contributed by atoms with E-state index in [1.807, 2.05) is 27.2 Å². The fourth-order valence-electron chi connectivity index (χ4n) is 9.06. The zero-order valence-electron chi connectivity index (χ0n) is 48.8. The minimum Gasteiger partial charge on any atom is -0.756 e. The number of rotatable bonds is 57. The number of hydrogen-bond donors (Lipinski definition) is 2. The number of nitrogens with one attached hydrogen (secondary N) is 1. The van der Waals surface area contributed by atoms with Crippen LogP contribution >= 0.6 is 7.82 Å². The first-order valence-electron chi connectivity index (χ1n) is 31.2. The second-order valence-corrected chi connectivity index (χ2v) is 23.8. The van der Waals surface area contributed by atoms with Crippen LogP contribution in [-0.2, 0) is 18.4 Å². The van der Waals surface area contributed by atoms with E-state index < -0.39 is 26.6 Å². The van der Waals surface area contributed by atoms with Crippen LogP contribution in [0.5, 0.6) is 0 Å². The average Bonchev–Trinajstić information content (AvgIpc) is 3.35. The molecule has 0 aliphatic rings. The number of carbonyl (C=O) groups is 1. The molecule has 0 heterocycles. The van der Waals surface area contributed by atoms with E-state index in [0.29, 0.717) is 17.4 Å². The van der Waals surface area contributed by atoms with Gasteiger partial charge in [0.2, 0.25) is 5.91 Å². The van der Waals surface area contributed by atoms with E-state index in [2.05, 4.69) is 67.8 Å². The minimum atomic E-state index is -4.61. The van der Waals surface area contributed by atoms with Crippen molar-refractivity contribution in [2.45, 2.75) is 302 Å². The number of hydrogen-bond acceptors (Lipinski definition) is 6. The van der Waals surface area contributed by atoms with Crippen molar-refractivity contribution in [1.29, 1.82) is 0 Å². The lowest BCUT2D eigenvalue weighted by atomic mass is 10.0. The molecule has 428 valence electrons. The Hall–Kier alpha value is -1.80. The number of phosphoric ester groups is 1. The summed E-state index contributed by atoms with van der Waals surface area (Å²) in [7, 11) is 1.24. The molecule has 1 amide bonds. The maximum atomic E-state index is 13.0. The summed E-state index contributed by atoms with van der Waals surface area (Å²) in [6, 6.07) is -0.911. The van der Waals surface area contributed by atoms with Crippen LogP contribution in [0.25, 0.3) is 0 Å². The van der Waals surface area contributed by atoms with Crippen molar-refractivity contribution in [3.05, 3.63) is 60.8 Å². The summed E-state index contributed by atoms with van der Waals surface area (Å²) in [6.45, 7) is 4.64. The van der Waals surface area contributed by atoms with Gasteiger partial charge in [-0.1, -0.05) is 274 Å². The average molecular weight is 1050 g/mol. The van der Waals surface area contributed by atoms with Gasteiger partial charge in [-0.3, -0.25) is 9.36 Å². The summed E-state index contributed by atoms with van der Waals surface area (Å²) >= 11 is 0. The highest BCUT2D eigenvalue weighted by molar-refractivity contribution is 7.45. The van der Waals surface area contributed by atoms with Crippen LogP contribution < -0.4 is 10.2 Å². The quantitative estimate of drug-likeness (QED) is 0.0272. The maximum Gasteiger partial charge on any atom is 0.268 e. The molecule has 0 aromatic carbocycles. The normalized spacial score (nSPS) is 14.2. The van der Waals surface area contributed by atoms with Crippen molar-refractivity contribution in [2.75, 3.05) is 40.9 Å². The van der Waals surface area contributed by atoms with Crippen molar-refractivity contribution >= 4 is 13.7 Å². The number of likely N-dealkylation sites (N-methyl/N-ethyl adjacent to an activating group) is 1. The molecule has 8 nitrogen and oxygen atoms in total. The first kappa shape index (κ1) is 71.2. The first-order valence-corrected chi connectivity index (χ1v) is 32.6. The third-order valence-electron chi connectivity index (χ3n) is 13.9. The molecule has 0 saturated heterocycles. The Morgan fingerprint density at radius 3 is 1.21 bits per heavy atom. The van der Waals surface area contributed by atoms with Crippen molar-refractivity contribution in [3.63, 3.8) is 0 Å². The smallest absolute Gasteiger partial charge is 0.268 e. The Morgan fingerprint density at radius 2 is 0.808 bits per heavy atom. The van der Waals surface area contributed by atoms with Gasteiger partial charge < -0.3 is 28.8 Å². The molecule has 0 aromatic heterocycles. The van der Waals surface area contributed by atoms with Gasteiger partial charge in [-0.15, -0.1) is 0 Å². The summed E-state index contributed by atoms with van der Waals surface area (Å²) < 4.78 is 23.4. The molecule has 0 spiro atoms. The van der Waals surface area contributed by atoms with Crippen molar-refractivity contribution < 1.29 is 32.9 Å². The van der Waals surface area contributed by atoms with Gasteiger partial charge >= 0.3 is 0 Å². The Bertz CT molecular complexity index is 1370. The van der Waals surface area contributed by atoms with Crippen LogP contribution in [0.4, 0.5) is 0 Å². The van der Waals surface area contributed by atoms with E-state index in [0.717, 1.165) is 64.2 Å². The van der Waals surface area contributed by atoms with Gasteiger partial charge in [0.05, 0.1) is 39.9 Å². The van der Waals surface area contributed by atoms with Crippen LogP contribution in [0.2, 0.25) is 0 Å². The Morgan fingerprint density at radius 1 is 0.479 bits per heavy atom. The molecular weight excluding hydrogens is 924 g/mol. The molecule has 9 heteroatoms. The number of unbranched alkanes of at least 4 members (excludes halogenated alkanes) is 36. The number of quaternary nitrogens is 1. The number of phosphoric acid groups is 1. The van der Waals surface area contributed by atoms with E-state index in [1.165, 1.54) is 205 Å². The lowest BCUT2D eigenvalue weighted by Gasteiger charge is -2.29. The van der Waals surface area contributed by atoms with E-state index in [-0.39, 0.29) is 12.5 Å². The molecule has 0 radical (unpaired) electrons. The van der Waals surface area contributed by atoms with Crippen LogP contribution in [0.3, 0.4) is 0 Å². The number of allylic oxidation sites excluding steroid dienone is 9. The van der Waals surface area contributed by atoms with Crippen LogP contribution in [-0.4, -0.2) is 68.5 Å². The van der Waals surface area contributed by atoms with E-state index in [9.17, 15) is 19.4 Å². The fourth-order valence-corrected chi connectivity index (χ4v) is 9.78. The van der Waals surface area contributed by atoms with Gasteiger partial charge in [-0.2, -0.15) is 0 Å². The van der Waals surface area contributed by atoms with Gasteiger partial charge in [0.25, 0.3) is 7.82 Å². The molecule has 0 aliphatic carbocycles. The molecule has 3 unspecified atom stereocenters. The second kappa shape index (κ2) is 55.0. The monoisotopic (exact) mass is 1040 g/mol. The molecule has 0 aromatic rings. The molecule has 73 heavy (non-hydrogen) atoms. The van der Waals surface area contributed by atoms with Crippen LogP contribution in [0.1, 0.15) is 290 Å². The van der Waals surface area contributed by atoms with Gasteiger partial charge in [-0.25, -0.2) is 0 Å². The zero-order chi connectivity index (χ0) is 53.5. The van der Waals surface area contributed by atoms with Crippen molar-refractivity contribution in [3.8, 4) is 0 Å². The number of aliphatic hydroxyl groups is 1. The Balaban J connectivity index is 4.22. The molecule has 0 aliphatic heterocycles. The molecule has 0 rings (SSSR count). The predicted molar refractivity (Wildman–Crippen MR) is 316 cm³/mol. The van der Waals surface area contributed by atoms with Crippen LogP contribution in [0, 0.1) is 0 Å². The molecular formula is C64H121N2O6P. The highest BCUT2D eigenvalue weighted by atomic mass is 31.2. The number of nitrogens with zero attached hydrogens (tertiary/aromatic N) is 1. The standard InChI is InChI=1S/C64H121N2O6P/c1-6-8-10-12-14-16-18-20-22-24-26-28-30-31-32-33-34-36-37-39-41-43-45-47-49-51-53-55-57-63(67)62(61-72-73(69,70)71-60-59-66(3,4)5)65-64(68)58-56-54-52-50-48-46-44-42-40-38-35-29-27-25-23-21-19-17-15-13-11-9-7-2/h19,21,25,27,35,38,47,49,55,57,62-63,67H,6-18,20,22-24,26,28-34,36-37,39-46,48,50-54,56,58-61H2,1-5H3,(H-,65,68,69,70)/b21-19-,27-25-,38-35-,49-47+,57-55+. The van der Waals surface area contributed by atoms with Crippen molar-refractivity contribution in [2.24, 2.45) is 0 Å². The molecule has 3 atom stereocenters. The highest BCUT2D eigenvalue weighted by Gasteiger charge is 2.23. The number of aliphatic hydroxyl groups excluding tert-OH is 1. The summed E-state index contributed by atoms with van der Waals surface area (Å²) in [5, 5.41) is 13.9. The first-order chi connectivity index (χ1) is 35.5. The van der Waals surface area contributed by atoms with Crippen LogP contribution in [0.15, 0.2) is 60.8 Å². The SMILES string of the molecule is CCCCCCC/C=C\C/C=C\C/C=C\CCCCCCCCCCC(=O)NC(COP(=O)([O-])OCC[N+](C)(C)C)C(O)/C=C/CC/C=C/CCCCCCCCCCCCCCCCCCCCCCCC. The maximum absolute atomic E-state index is 13.0. The summed E-state index contributed by atoms with van der Waals surface area (Å²) in [5.41, 5.74) is 0. The fraction of sp³-hybridized carbons (Fsp3) is 0.828. The third-order valence-corrected chi connectivity index (χ3v) is 14.9.